The molecular weight excluding hydrogens is 266 g/mol. The highest BCUT2D eigenvalue weighted by atomic mass is 35.5. The van der Waals surface area contributed by atoms with Gasteiger partial charge in [0, 0.05) is 6.20 Å². The van der Waals surface area contributed by atoms with Gasteiger partial charge in [-0.1, -0.05) is 11.6 Å². The van der Waals surface area contributed by atoms with Crippen molar-refractivity contribution in [1.29, 1.82) is 0 Å². The lowest BCUT2D eigenvalue weighted by molar-refractivity contribution is 0.101. The minimum atomic E-state index is -0.761. The van der Waals surface area contributed by atoms with Crippen LogP contribution >= 0.6 is 11.6 Å². The van der Waals surface area contributed by atoms with Crippen LogP contribution in [-0.4, -0.2) is 21.1 Å². The van der Waals surface area contributed by atoms with Crippen molar-refractivity contribution in [2.45, 2.75) is 6.92 Å². The van der Waals surface area contributed by atoms with Crippen molar-refractivity contribution >= 4 is 22.6 Å². The summed E-state index contributed by atoms with van der Waals surface area (Å²) in [6, 6.07) is 7.57. The zero-order valence-electron chi connectivity index (χ0n) is 10.1. The Balaban J connectivity index is 2.56. The van der Waals surface area contributed by atoms with Crippen molar-refractivity contribution in [2.24, 2.45) is 0 Å². The summed E-state index contributed by atoms with van der Waals surface area (Å²) in [7, 11) is 0. The Morgan fingerprint density at radius 1 is 1.21 bits per heavy atom. The number of aromatic hydroxyl groups is 1. The molecule has 19 heavy (non-hydrogen) atoms. The fourth-order valence-electron chi connectivity index (χ4n) is 1.70. The van der Waals surface area contributed by atoms with Crippen molar-refractivity contribution in [2.75, 3.05) is 0 Å². The molecule has 0 spiro atoms. The van der Waals surface area contributed by atoms with Crippen molar-refractivity contribution in [3.8, 4) is 5.75 Å². The number of pyridine rings is 1. The van der Waals surface area contributed by atoms with Gasteiger partial charge in [0.05, 0.1) is 11.1 Å². The number of benzene rings is 1. The number of aromatic nitrogens is 1. The number of halogens is 1. The van der Waals surface area contributed by atoms with Gasteiger partial charge in [0.2, 0.25) is 5.78 Å². The number of hydrogen-bond acceptors (Lipinski definition) is 4. The molecule has 1 N–H and O–H groups in total. The van der Waals surface area contributed by atoms with Gasteiger partial charge in [-0.2, -0.15) is 0 Å². The van der Waals surface area contributed by atoms with Crippen LogP contribution in [0.25, 0.3) is 0 Å². The summed E-state index contributed by atoms with van der Waals surface area (Å²) in [5, 5.41) is 8.97. The quantitative estimate of drug-likeness (QED) is 0.691. The molecule has 2 rings (SSSR count). The molecule has 1 aromatic carbocycles. The zero-order valence-corrected chi connectivity index (χ0v) is 10.8. The van der Waals surface area contributed by atoms with Crippen LogP contribution in [0.2, 0.25) is 0 Å². The standard InChI is InChI=1S/C14H10ClNO3/c1-8-4-5-11(17)10(7-8)13(18)12-9(14(15)19)3-2-6-16-12/h2-7,17H,1H3. The second-order valence-corrected chi connectivity index (χ2v) is 4.37. The minimum absolute atomic E-state index is 0.0232. The van der Waals surface area contributed by atoms with Gasteiger partial charge in [-0.3, -0.25) is 14.6 Å². The highest BCUT2D eigenvalue weighted by molar-refractivity contribution is 6.68. The molecule has 1 aromatic heterocycles. The van der Waals surface area contributed by atoms with Gasteiger partial charge in [0.1, 0.15) is 11.4 Å². The van der Waals surface area contributed by atoms with Crippen LogP contribution in [0.15, 0.2) is 36.5 Å². The van der Waals surface area contributed by atoms with E-state index in [0.29, 0.717) is 0 Å². The molecule has 0 aliphatic carbocycles. The summed E-state index contributed by atoms with van der Waals surface area (Å²) in [6.07, 6.45) is 1.39. The molecule has 0 fully saturated rings. The Morgan fingerprint density at radius 2 is 1.95 bits per heavy atom. The number of phenolic OH excluding ortho intramolecular Hbond substituents is 1. The molecule has 0 amide bonds. The third kappa shape index (κ3) is 2.63. The van der Waals surface area contributed by atoms with E-state index in [9.17, 15) is 14.7 Å². The monoisotopic (exact) mass is 275 g/mol. The molecule has 0 saturated heterocycles. The summed E-state index contributed by atoms with van der Waals surface area (Å²) in [5.41, 5.74) is 0.868. The Kier molecular flexibility index (Phi) is 3.62. The SMILES string of the molecule is Cc1ccc(O)c(C(=O)c2ncccc2C(=O)Cl)c1. The summed E-state index contributed by atoms with van der Waals surface area (Å²) in [6.45, 7) is 1.79. The summed E-state index contributed by atoms with van der Waals surface area (Å²) in [5.74, 6) is -0.694. The van der Waals surface area contributed by atoms with Crippen LogP contribution in [-0.2, 0) is 0 Å². The number of carbonyl (C=O) groups is 2. The van der Waals surface area contributed by atoms with Gasteiger partial charge in [-0.15, -0.1) is 0 Å². The van der Waals surface area contributed by atoms with Crippen LogP contribution in [0.4, 0.5) is 0 Å². The predicted octanol–water partition coefficient (Wildman–Crippen LogP) is 2.71. The highest BCUT2D eigenvalue weighted by Crippen LogP contribution is 2.22. The van der Waals surface area contributed by atoms with E-state index < -0.39 is 11.0 Å². The normalized spacial score (nSPS) is 10.2. The van der Waals surface area contributed by atoms with E-state index in [1.807, 2.05) is 0 Å². The predicted molar refractivity (Wildman–Crippen MR) is 70.7 cm³/mol. The molecule has 0 aliphatic rings. The number of phenols is 1. The van der Waals surface area contributed by atoms with Crippen molar-refractivity contribution in [3.63, 3.8) is 0 Å². The number of aryl methyl sites for hydroxylation is 1. The maximum absolute atomic E-state index is 12.3. The highest BCUT2D eigenvalue weighted by Gasteiger charge is 2.20. The average molecular weight is 276 g/mol. The summed E-state index contributed by atoms with van der Waals surface area (Å²) in [4.78, 5) is 27.5. The van der Waals surface area contributed by atoms with E-state index in [1.165, 1.54) is 30.5 Å². The van der Waals surface area contributed by atoms with Crippen LogP contribution in [0.3, 0.4) is 0 Å². The maximum Gasteiger partial charge on any atom is 0.254 e. The molecule has 0 unspecified atom stereocenters. The Bertz CT molecular complexity index is 667. The Morgan fingerprint density at radius 3 is 2.63 bits per heavy atom. The van der Waals surface area contributed by atoms with Gasteiger partial charge in [0.15, 0.2) is 0 Å². The lowest BCUT2D eigenvalue weighted by Crippen LogP contribution is -2.10. The third-order valence-electron chi connectivity index (χ3n) is 2.63. The minimum Gasteiger partial charge on any atom is -0.507 e. The van der Waals surface area contributed by atoms with Crippen LogP contribution in [0, 0.1) is 6.92 Å². The third-order valence-corrected chi connectivity index (χ3v) is 2.83. The molecule has 0 atom stereocenters. The van der Waals surface area contributed by atoms with E-state index in [2.05, 4.69) is 4.98 Å². The van der Waals surface area contributed by atoms with Crippen LogP contribution < -0.4 is 0 Å². The summed E-state index contributed by atoms with van der Waals surface area (Å²) >= 11 is 5.42. The molecule has 96 valence electrons. The lowest BCUT2D eigenvalue weighted by atomic mass is 10.0. The fourth-order valence-corrected chi connectivity index (χ4v) is 1.86. The smallest absolute Gasteiger partial charge is 0.254 e. The lowest BCUT2D eigenvalue weighted by Gasteiger charge is -2.06. The molecule has 1 heterocycles. The number of carbonyl (C=O) groups excluding carboxylic acids is 2. The molecule has 5 heteroatoms. The van der Waals surface area contributed by atoms with Crippen LogP contribution in [0.1, 0.15) is 32.0 Å². The largest absolute Gasteiger partial charge is 0.507 e. The van der Waals surface area contributed by atoms with E-state index in [-0.39, 0.29) is 22.6 Å². The summed E-state index contributed by atoms with van der Waals surface area (Å²) < 4.78 is 0. The van der Waals surface area contributed by atoms with E-state index in [0.717, 1.165) is 5.56 Å². The molecule has 0 aliphatic heterocycles. The fraction of sp³-hybridized carbons (Fsp3) is 0.0714. The number of hydrogen-bond donors (Lipinski definition) is 1. The van der Waals surface area contributed by atoms with Crippen molar-refractivity contribution < 1.29 is 14.7 Å². The van der Waals surface area contributed by atoms with Crippen molar-refractivity contribution in [3.05, 3.63) is 58.9 Å². The van der Waals surface area contributed by atoms with Crippen LogP contribution in [0.5, 0.6) is 5.75 Å². The molecule has 2 aromatic rings. The Hall–Kier alpha value is -2.20. The van der Waals surface area contributed by atoms with E-state index in [4.69, 9.17) is 11.6 Å². The first-order chi connectivity index (χ1) is 9.00. The van der Waals surface area contributed by atoms with Gasteiger partial charge in [0.25, 0.3) is 5.24 Å². The van der Waals surface area contributed by atoms with Gasteiger partial charge >= 0.3 is 0 Å². The molecular formula is C14H10ClNO3. The number of rotatable bonds is 3. The first kappa shape index (κ1) is 13.2. The zero-order chi connectivity index (χ0) is 14.0. The first-order valence-electron chi connectivity index (χ1n) is 5.50. The van der Waals surface area contributed by atoms with Gasteiger partial charge in [-0.25, -0.2) is 0 Å². The number of ketones is 1. The van der Waals surface area contributed by atoms with Gasteiger partial charge < -0.3 is 5.11 Å². The molecule has 4 nitrogen and oxygen atoms in total. The van der Waals surface area contributed by atoms with Gasteiger partial charge in [-0.05, 0) is 42.8 Å². The number of nitrogens with zero attached hydrogens (tertiary/aromatic N) is 1. The first-order valence-corrected chi connectivity index (χ1v) is 5.87. The van der Waals surface area contributed by atoms with Crippen molar-refractivity contribution in [1.82, 2.24) is 4.98 Å². The molecule has 0 radical (unpaired) electrons. The molecule has 0 bridgehead atoms. The van der Waals surface area contributed by atoms with E-state index in [1.54, 1.807) is 13.0 Å². The maximum atomic E-state index is 12.3. The second-order valence-electron chi connectivity index (χ2n) is 4.02. The Labute approximate surface area is 114 Å². The van der Waals surface area contributed by atoms with E-state index >= 15 is 0 Å². The topological polar surface area (TPSA) is 67.3 Å². The second kappa shape index (κ2) is 5.20. The molecule has 0 saturated carbocycles. The average Bonchev–Trinajstić information content (AvgIpc) is 2.40.